The third-order valence-corrected chi connectivity index (χ3v) is 13.2. The molecule has 0 atom stereocenters. The van der Waals surface area contributed by atoms with Crippen molar-refractivity contribution < 1.29 is 0 Å². The molecule has 0 bridgehead atoms. The van der Waals surface area contributed by atoms with Crippen LogP contribution in [0.2, 0.25) is 0 Å². The smallest absolute Gasteiger partial charge is 0.0467 e. The van der Waals surface area contributed by atoms with Crippen molar-refractivity contribution >= 4 is 90.9 Å². The lowest BCUT2D eigenvalue weighted by Crippen LogP contribution is -2.10. The molecule has 11 aromatic rings. The van der Waals surface area contributed by atoms with E-state index >= 15 is 0 Å². The third kappa shape index (κ3) is 5.43. The Kier molecular flexibility index (Phi) is 7.61. The van der Waals surface area contributed by atoms with Gasteiger partial charge in [0.1, 0.15) is 0 Å². The summed E-state index contributed by atoms with van der Waals surface area (Å²) in [6.45, 7) is 0. The Balaban J connectivity index is 1.04. The first kappa shape index (κ1) is 32.0. The van der Waals surface area contributed by atoms with Crippen molar-refractivity contribution in [2.75, 3.05) is 4.90 Å². The van der Waals surface area contributed by atoms with Gasteiger partial charge in [0.15, 0.2) is 0 Å². The van der Waals surface area contributed by atoms with E-state index in [1.807, 2.05) is 22.7 Å². The molecule has 0 fully saturated rings. The van der Waals surface area contributed by atoms with Gasteiger partial charge in [-0.25, -0.2) is 0 Å². The van der Waals surface area contributed by atoms with Crippen LogP contribution in [0, 0.1) is 0 Å². The van der Waals surface area contributed by atoms with E-state index in [0.717, 1.165) is 17.1 Å². The molecular weight excluding hydrogens is 703 g/mol. The van der Waals surface area contributed by atoms with Crippen molar-refractivity contribution in [1.82, 2.24) is 0 Å². The Morgan fingerprint density at radius 1 is 0.309 bits per heavy atom. The van der Waals surface area contributed by atoms with E-state index in [4.69, 9.17) is 0 Å². The fraction of sp³-hybridized carbons (Fsp3) is 0. The molecule has 1 nitrogen and oxygen atoms in total. The van der Waals surface area contributed by atoms with E-state index < -0.39 is 0 Å². The average molecular weight is 736 g/mol. The maximum atomic E-state index is 2.39. The molecule has 0 amide bonds. The lowest BCUT2D eigenvalue weighted by atomic mass is 9.97. The zero-order valence-electron chi connectivity index (χ0n) is 29.8. The SMILES string of the molecule is c1cc(-c2cccc3ccccc23)cc(N(c2ccc(-c3cccc4c3sc3ccccc34)cc2)c2ccc(-c3cccc4sc5ccccc5c34)cc2)c1. The highest BCUT2D eigenvalue weighted by Crippen LogP contribution is 2.44. The monoisotopic (exact) mass is 735 g/mol. The van der Waals surface area contributed by atoms with Crippen molar-refractivity contribution in [2.45, 2.75) is 0 Å². The molecule has 258 valence electrons. The Hall–Kier alpha value is -6.52. The summed E-state index contributed by atoms with van der Waals surface area (Å²) < 4.78 is 5.30. The zero-order valence-corrected chi connectivity index (χ0v) is 31.4. The molecule has 0 radical (unpaired) electrons. The van der Waals surface area contributed by atoms with Crippen LogP contribution in [0.15, 0.2) is 200 Å². The van der Waals surface area contributed by atoms with Gasteiger partial charge in [-0.15, -0.1) is 22.7 Å². The third-order valence-electron chi connectivity index (χ3n) is 10.9. The summed E-state index contributed by atoms with van der Waals surface area (Å²) in [6.07, 6.45) is 0. The second kappa shape index (κ2) is 13.1. The fourth-order valence-corrected chi connectivity index (χ4v) is 10.7. The van der Waals surface area contributed by atoms with Crippen molar-refractivity contribution in [3.63, 3.8) is 0 Å². The molecule has 2 heterocycles. The normalized spacial score (nSPS) is 11.6. The van der Waals surface area contributed by atoms with Crippen LogP contribution in [-0.4, -0.2) is 0 Å². The Morgan fingerprint density at radius 2 is 0.855 bits per heavy atom. The number of hydrogen-bond acceptors (Lipinski definition) is 3. The maximum absolute atomic E-state index is 2.39. The molecule has 55 heavy (non-hydrogen) atoms. The number of nitrogens with zero attached hydrogens (tertiary/aromatic N) is 1. The molecule has 9 aromatic carbocycles. The summed E-state index contributed by atoms with van der Waals surface area (Å²) in [6, 6.07) is 73.3. The Labute approximate surface area is 327 Å². The number of fused-ring (bicyclic) bond motifs is 7. The van der Waals surface area contributed by atoms with Gasteiger partial charge in [0.25, 0.3) is 0 Å². The van der Waals surface area contributed by atoms with Gasteiger partial charge in [-0.3, -0.25) is 0 Å². The topological polar surface area (TPSA) is 3.24 Å². The number of rotatable bonds is 6. The van der Waals surface area contributed by atoms with Gasteiger partial charge in [0.2, 0.25) is 0 Å². The van der Waals surface area contributed by atoms with Crippen molar-refractivity contribution in [1.29, 1.82) is 0 Å². The van der Waals surface area contributed by atoms with E-state index in [9.17, 15) is 0 Å². The number of benzene rings is 9. The molecule has 0 aliphatic rings. The fourth-order valence-electron chi connectivity index (χ4n) is 8.31. The second-order valence-corrected chi connectivity index (χ2v) is 16.2. The lowest BCUT2D eigenvalue weighted by molar-refractivity contribution is 1.28. The minimum absolute atomic E-state index is 1.11. The van der Waals surface area contributed by atoms with Gasteiger partial charge in [-0.2, -0.15) is 0 Å². The van der Waals surface area contributed by atoms with Crippen molar-refractivity contribution in [3.05, 3.63) is 200 Å². The summed E-state index contributed by atoms with van der Waals surface area (Å²) in [7, 11) is 0. The first-order chi connectivity index (χ1) is 27.3. The molecule has 11 rings (SSSR count). The van der Waals surface area contributed by atoms with Gasteiger partial charge in [-0.05, 0) is 98.8 Å². The van der Waals surface area contributed by atoms with Crippen LogP contribution < -0.4 is 4.90 Å². The largest absolute Gasteiger partial charge is 0.310 e. The standard InChI is InChI=1S/C52H33NS2/c1-2-15-41-34(11-1)12-8-18-42(41)37-13-7-14-40(33-37)53(38-29-25-35(26-30-38)43-19-10-24-50-51(43)47-17-4-6-23-49(47)54-50)39-31-27-36(28-32-39)44-20-9-21-46-45-16-3-5-22-48(45)55-52(44)46/h1-33H. The molecule has 0 aliphatic heterocycles. The highest BCUT2D eigenvalue weighted by Gasteiger charge is 2.17. The van der Waals surface area contributed by atoms with Crippen LogP contribution in [0.3, 0.4) is 0 Å². The summed E-state index contributed by atoms with van der Waals surface area (Å²) in [5, 5.41) is 7.80. The van der Waals surface area contributed by atoms with Crippen LogP contribution in [0.1, 0.15) is 0 Å². The lowest BCUT2D eigenvalue weighted by Gasteiger charge is -2.26. The maximum Gasteiger partial charge on any atom is 0.0467 e. The van der Waals surface area contributed by atoms with E-state index in [-0.39, 0.29) is 0 Å². The molecule has 0 saturated heterocycles. The minimum atomic E-state index is 1.11. The van der Waals surface area contributed by atoms with E-state index in [1.165, 1.54) is 84.5 Å². The number of thiophene rings is 2. The molecule has 0 spiro atoms. The van der Waals surface area contributed by atoms with Gasteiger partial charge in [0.05, 0.1) is 0 Å². The van der Waals surface area contributed by atoms with E-state index in [2.05, 4.69) is 205 Å². The van der Waals surface area contributed by atoms with Gasteiger partial charge in [-0.1, -0.05) is 146 Å². The van der Waals surface area contributed by atoms with Crippen LogP contribution in [0.5, 0.6) is 0 Å². The molecule has 2 aromatic heterocycles. The first-order valence-electron chi connectivity index (χ1n) is 18.7. The summed E-state index contributed by atoms with van der Waals surface area (Å²) in [5.41, 5.74) is 10.7. The van der Waals surface area contributed by atoms with E-state index in [0.29, 0.717) is 0 Å². The van der Waals surface area contributed by atoms with Crippen LogP contribution in [0.25, 0.3) is 84.5 Å². The molecular formula is C52H33NS2. The Morgan fingerprint density at radius 3 is 1.65 bits per heavy atom. The predicted octanol–water partition coefficient (Wildman–Crippen LogP) is 16.0. The van der Waals surface area contributed by atoms with Gasteiger partial charge < -0.3 is 4.90 Å². The summed E-state index contributed by atoms with van der Waals surface area (Å²) in [5.74, 6) is 0. The number of hydrogen-bond donors (Lipinski definition) is 0. The highest BCUT2D eigenvalue weighted by molar-refractivity contribution is 7.26. The zero-order chi connectivity index (χ0) is 36.3. The van der Waals surface area contributed by atoms with Gasteiger partial charge >= 0.3 is 0 Å². The molecule has 0 saturated carbocycles. The van der Waals surface area contributed by atoms with Crippen LogP contribution >= 0.6 is 22.7 Å². The summed E-state index contributed by atoms with van der Waals surface area (Å²) >= 11 is 3.75. The minimum Gasteiger partial charge on any atom is -0.310 e. The number of anilines is 3. The Bertz CT molecular complexity index is 3200. The predicted molar refractivity (Wildman–Crippen MR) is 241 cm³/mol. The van der Waals surface area contributed by atoms with Crippen molar-refractivity contribution in [3.8, 4) is 33.4 Å². The van der Waals surface area contributed by atoms with Crippen LogP contribution in [0.4, 0.5) is 17.1 Å². The molecule has 3 heteroatoms. The summed E-state index contributed by atoms with van der Waals surface area (Å²) in [4.78, 5) is 2.39. The second-order valence-electron chi connectivity index (χ2n) is 14.1. The highest BCUT2D eigenvalue weighted by atomic mass is 32.1. The first-order valence-corrected chi connectivity index (χ1v) is 20.3. The molecule has 0 N–H and O–H groups in total. The molecule has 0 aliphatic carbocycles. The van der Waals surface area contributed by atoms with Crippen molar-refractivity contribution in [2.24, 2.45) is 0 Å². The van der Waals surface area contributed by atoms with Crippen LogP contribution in [-0.2, 0) is 0 Å². The quantitative estimate of drug-likeness (QED) is 0.164. The average Bonchev–Trinajstić information content (AvgIpc) is 3.83. The van der Waals surface area contributed by atoms with E-state index in [1.54, 1.807) is 0 Å². The van der Waals surface area contributed by atoms with Gasteiger partial charge in [0, 0.05) is 57.4 Å². The molecule has 0 unspecified atom stereocenters.